The Morgan fingerprint density at radius 1 is 1.00 bits per heavy atom. The summed E-state index contributed by atoms with van der Waals surface area (Å²) in [5.74, 6) is -1.22. The summed E-state index contributed by atoms with van der Waals surface area (Å²) in [4.78, 5) is 26.7. The average Bonchev–Trinajstić information content (AvgIpc) is 2.93. The second-order valence-corrected chi connectivity index (χ2v) is 12.3. The van der Waals surface area contributed by atoms with Crippen LogP contribution in [0.4, 0.5) is 0 Å². The van der Waals surface area contributed by atoms with Gasteiger partial charge in [0.05, 0.1) is 0 Å². The molecule has 3 aromatic carbocycles. The second-order valence-electron chi connectivity index (χ2n) is 10.4. The molecule has 0 radical (unpaired) electrons. The molecule has 0 bridgehead atoms. The number of aliphatic carboxylic acids is 1. The Hall–Kier alpha value is -3.75. The van der Waals surface area contributed by atoms with Crippen molar-refractivity contribution in [2.75, 3.05) is 13.1 Å². The fourth-order valence-corrected chi connectivity index (χ4v) is 7.74. The fraction of sp³-hybridized carbons (Fsp3) is 0.312. The van der Waals surface area contributed by atoms with E-state index >= 15 is 0 Å². The number of aryl methyl sites for hydroxylation is 1. The molecule has 1 atom stereocenters. The number of hydrogen-bond donors (Lipinski definition) is 1. The van der Waals surface area contributed by atoms with E-state index in [-0.39, 0.29) is 18.1 Å². The van der Waals surface area contributed by atoms with E-state index < -0.39 is 27.6 Å². The van der Waals surface area contributed by atoms with E-state index in [4.69, 9.17) is 0 Å². The van der Waals surface area contributed by atoms with Crippen LogP contribution in [0.3, 0.4) is 0 Å². The van der Waals surface area contributed by atoms with Crippen molar-refractivity contribution in [2.24, 2.45) is 0 Å². The lowest BCUT2D eigenvalue weighted by Gasteiger charge is -2.36. The number of carbonyl (C=O) groups is 1. The Morgan fingerprint density at radius 3 is 2.42 bits per heavy atom. The van der Waals surface area contributed by atoms with Crippen molar-refractivity contribution >= 4 is 26.8 Å². The maximum Gasteiger partial charge on any atom is 0.328 e. The maximum absolute atomic E-state index is 14.3. The first-order valence-electron chi connectivity index (χ1n) is 13.8. The van der Waals surface area contributed by atoms with E-state index in [1.54, 1.807) is 0 Å². The molecule has 1 unspecified atom stereocenters. The van der Waals surface area contributed by atoms with Crippen molar-refractivity contribution in [2.45, 2.75) is 57.5 Å². The maximum atomic E-state index is 14.3. The van der Waals surface area contributed by atoms with Gasteiger partial charge in [0.25, 0.3) is 15.6 Å². The molecule has 8 heteroatoms. The molecule has 0 spiro atoms. The molecule has 0 fully saturated rings. The lowest BCUT2D eigenvalue weighted by atomic mass is 9.89. The third-order valence-electron chi connectivity index (χ3n) is 7.80. The predicted octanol–water partition coefficient (Wildman–Crippen LogP) is 5.56. The average molecular weight is 559 g/mol. The van der Waals surface area contributed by atoms with Crippen LogP contribution in [0.1, 0.15) is 55.0 Å². The molecule has 1 N–H and O–H groups in total. The molecule has 7 nitrogen and oxygen atoms in total. The monoisotopic (exact) mass is 558 g/mol. The van der Waals surface area contributed by atoms with Gasteiger partial charge in [-0.15, -0.1) is 0 Å². The van der Waals surface area contributed by atoms with E-state index in [0.717, 1.165) is 32.9 Å². The highest BCUT2D eigenvalue weighted by Crippen LogP contribution is 2.40. The number of fused-ring (bicyclic) bond motifs is 2. The molecule has 5 rings (SSSR count). The van der Waals surface area contributed by atoms with Gasteiger partial charge in [0, 0.05) is 24.2 Å². The Bertz CT molecular complexity index is 1770. The van der Waals surface area contributed by atoms with Gasteiger partial charge in [0.1, 0.15) is 6.04 Å². The first-order chi connectivity index (χ1) is 19.2. The third kappa shape index (κ3) is 4.75. The SMILES string of the molecule is CCCCN1CC(C(=O)O)n2c(c(-c3cccc(C)c3)c(Cc3cccc4ccccc34)c(CC)c2=O)S1(=O)=O. The Morgan fingerprint density at radius 2 is 1.73 bits per heavy atom. The highest BCUT2D eigenvalue weighted by molar-refractivity contribution is 7.89. The van der Waals surface area contributed by atoms with Crippen molar-refractivity contribution in [3.63, 3.8) is 0 Å². The minimum atomic E-state index is -4.18. The normalized spacial score (nSPS) is 16.6. The van der Waals surface area contributed by atoms with E-state index in [1.807, 2.05) is 87.5 Å². The molecule has 4 aromatic rings. The summed E-state index contributed by atoms with van der Waals surface area (Å²) < 4.78 is 30.9. The smallest absolute Gasteiger partial charge is 0.328 e. The largest absolute Gasteiger partial charge is 0.480 e. The molecule has 1 aliphatic rings. The summed E-state index contributed by atoms with van der Waals surface area (Å²) in [6, 6.07) is 20.2. The molecular weight excluding hydrogens is 524 g/mol. The van der Waals surface area contributed by atoms with Crippen LogP contribution >= 0.6 is 0 Å². The molecule has 1 aliphatic heterocycles. The standard InChI is InChI=1S/C32H34N2O5S/c1-4-6-17-33-20-28(32(36)37)34-30(35)25(5-2)27(19-23-14-10-13-22-12-7-8-16-26(22)23)29(31(34)40(33,38)39)24-15-9-11-21(3)18-24/h7-16,18,28H,4-6,17,19-20H2,1-3H3,(H,36,37). The summed E-state index contributed by atoms with van der Waals surface area (Å²) in [5.41, 5.74) is 3.50. The lowest BCUT2D eigenvalue weighted by Crippen LogP contribution is -2.50. The number of unbranched alkanes of at least 4 members (excludes halogenated alkanes) is 1. The molecule has 0 aliphatic carbocycles. The zero-order chi connectivity index (χ0) is 28.6. The molecule has 0 amide bonds. The predicted molar refractivity (Wildman–Crippen MR) is 157 cm³/mol. The van der Waals surface area contributed by atoms with Gasteiger partial charge in [-0.25, -0.2) is 13.2 Å². The second kappa shape index (κ2) is 11.0. The number of benzene rings is 3. The minimum Gasteiger partial charge on any atom is -0.480 e. The Balaban J connectivity index is 1.91. The summed E-state index contributed by atoms with van der Waals surface area (Å²) in [7, 11) is -4.18. The van der Waals surface area contributed by atoms with Crippen LogP contribution in [0.25, 0.3) is 21.9 Å². The van der Waals surface area contributed by atoms with Crippen molar-refractivity contribution in [1.29, 1.82) is 0 Å². The van der Waals surface area contributed by atoms with Gasteiger partial charge in [-0.05, 0) is 53.6 Å². The van der Waals surface area contributed by atoms with Crippen molar-refractivity contribution < 1.29 is 18.3 Å². The van der Waals surface area contributed by atoms with Crippen LogP contribution in [0, 0.1) is 6.92 Å². The summed E-state index contributed by atoms with van der Waals surface area (Å²) in [6.07, 6.45) is 2.01. The van der Waals surface area contributed by atoms with Gasteiger partial charge < -0.3 is 5.11 Å². The van der Waals surface area contributed by atoms with Crippen molar-refractivity contribution in [1.82, 2.24) is 8.87 Å². The van der Waals surface area contributed by atoms with Gasteiger partial charge in [-0.2, -0.15) is 4.31 Å². The lowest BCUT2D eigenvalue weighted by molar-refractivity contribution is -0.141. The first kappa shape index (κ1) is 27.8. The summed E-state index contributed by atoms with van der Waals surface area (Å²) in [5, 5.41) is 12.1. The Kier molecular flexibility index (Phi) is 7.66. The van der Waals surface area contributed by atoms with E-state index in [1.165, 1.54) is 4.31 Å². The van der Waals surface area contributed by atoms with Crippen molar-refractivity contribution in [3.05, 3.63) is 99.3 Å². The van der Waals surface area contributed by atoms with Crippen LogP contribution in [0.2, 0.25) is 0 Å². The van der Waals surface area contributed by atoms with Gasteiger partial charge in [0.2, 0.25) is 0 Å². The van der Waals surface area contributed by atoms with Crippen LogP contribution in [0.15, 0.2) is 76.6 Å². The van der Waals surface area contributed by atoms with Crippen LogP contribution < -0.4 is 5.56 Å². The first-order valence-corrected chi connectivity index (χ1v) is 15.2. The molecule has 208 valence electrons. The van der Waals surface area contributed by atoms with E-state index in [2.05, 4.69) is 0 Å². The molecule has 1 aromatic heterocycles. The Labute approximate surface area is 234 Å². The van der Waals surface area contributed by atoms with Gasteiger partial charge in [-0.1, -0.05) is 92.6 Å². The highest BCUT2D eigenvalue weighted by Gasteiger charge is 2.44. The zero-order valence-electron chi connectivity index (χ0n) is 23.1. The number of sulfonamides is 1. The topological polar surface area (TPSA) is 96.7 Å². The summed E-state index contributed by atoms with van der Waals surface area (Å²) in [6.45, 7) is 5.66. The summed E-state index contributed by atoms with van der Waals surface area (Å²) >= 11 is 0. The highest BCUT2D eigenvalue weighted by atomic mass is 32.2. The van der Waals surface area contributed by atoms with E-state index in [9.17, 15) is 23.1 Å². The number of pyridine rings is 1. The van der Waals surface area contributed by atoms with Gasteiger partial charge >= 0.3 is 5.97 Å². The number of carboxylic acids is 1. The number of carboxylic acid groups (broad SMARTS) is 1. The fourth-order valence-electron chi connectivity index (χ4n) is 5.83. The minimum absolute atomic E-state index is 0.193. The van der Waals surface area contributed by atoms with Crippen molar-refractivity contribution in [3.8, 4) is 11.1 Å². The van der Waals surface area contributed by atoms with Crippen LogP contribution in [0.5, 0.6) is 0 Å². The molecule has 2 heterocycles. The molecular formula is C32H34N2O5S. The number of aromatic nitrogens is 1. The van der Waals surface area contributed by atoms with Gasteiger partial charge in [-0.3, -0.25) is 9.36 Å². The third-order valence-corrected chi connectivity index (χ3v) is 9.70. The van der Waals surface area contributed by atoms with E-state index in [0.29, 0.717) is 41.5 Å². The van der Waals surface area contributed by atoms with Gasteiger partial charge in [0.15, 0.2) is 5.03 Å². The van der Waals surface area contributed by atoms with Crippen LogP contribution in [-0.2, 0) is 27.7 Å². The molecule has 40 heavy (non-hydrogen) atoms. The zero-order valence-corrected chi connectivity index (χ0v) is 23.9. The van der Waals surface area contributed by atoms with Crippen LogP contribution in [-0.4, -0.2) is 41.5 Å². The molecule has 0 saturated heterocycles. The number of nitrogens with zero attached hydrogens (tertiary/aromatic N) is 2. The number of hydrogen-bond acceptors (Lipinski definition) is 4. The quantitative estimate of drug-likeness (QED) is 0.305. The number of rotatable bonds is 8. The molecule has 0 saturated carbocycles.